The van der Waals surface area contributed by atoms with Gasteiger partial charge in [0, 0.05) is 4.99 Å². The second kappa shape index (κ2) is 4.63. The molecule has 0 spiro atoms. The van der Waals surface area contributed by atoms with Crippen LogP contribution in [0.15, 0.2) is 51.0 Å². The Balaban J connectivity index is 2.30. The molecular formula is C10H8BrN3S. The summed E-state index contributed by atoms with van der Waals surface area (Å²) in [5.74, 6) is 0. The molecule has 0 fully saturated rings. The molecule has 5 heteroatoms. The summed E-state index contributed by atoms with van der Waals surface area (Å²) in [6.45, 7) is 0. The average Bonchev–Trinajstić information content (AvgIpc) is 2.60. The van der Waals surface area contributed by atoms with Crippen LogP contribution in [0.3, 0.4) is 0 Å². The van der Waals surface area contributed by atoms with Gasteiger partial charge in [-0.25, -0.2) is 9.98 Å². The fourth-order valence-corrected chi connectivity index (χ4v) is 2.28. The molecule has 0 saturated carbocycles. The molecule has 0 bridgehead atoms. The number of nitrogens with zero attached hydrogens (tertiary/aromatic N) is 2. The summed E-state index contributed by atoms with van der Waals surface area (Å²) in [6, 6.07) is 9.72. The highest BCUT2D eigenvalue weighted by Crippen LogP contribution is 2.26. The lowest BCUT2D eigenvalue weighted by Gasteiger charge is -1.96. The minimum absolute atomic E-state index is 0.524. The van der Waals surface area contributed by atoms with E-state index in [2.05, 4.69) is 25.9 Å². The quantitative estimate of drug-likeness (QED) is 0.860. The van der Waals surface area contributed by atoms with Gasteiger partial charge in [-0.1, -0.05) is 34.1 Å². The second-order valence-electron chi connectivity index (χ2n) is 2.80. The minimum Gasteiger partial charge on any atom is -0.378 e. The van der Waals surface area contributed by atoms with E-state index < -0.39 is 0 Å². The maximum Gasteiger partial charge on any atom is 0.165 e. The summed E-state index contributed by atoms with van der Waals surface area (Å²) in [6.07, 6.45) is 0. The van der Waals surface area contributed by atoms with Gasteiger partial charge in [0.15, 0.2) is 5.17 Å². The summed E-state index contributed by atoms with van der Waals surface area (Å²) in [7, 11) is 0. The van der Waals surface area contributed by atoms with Crippen molar-refractivity contribution in [3.05, 3.63) is 41.0 Å². The molecular weight excluding hydrogens is 274 g/mol. The van der Waals surface area contributed by atoms with E-state index in [1.807, 2.05) is 30.3 Å². The number of benzene rings is 1. The highest BCUT2D eigenvalue weighted by molar-refractivity contribution is 9.11. The van der Waals surface area contributed by atoms with E-state index in [-0.39, 0.29) is 0 Å². The number of thioether (sulfide) groups is 1. The van der Waals surface area contributed by atoms with Gasteiger partial charge in [0.2, 0.25) is 0 Å². The molecule has 3 nitrogen and oxygen atoms in total. The number of para-hydroxylation sites is 1. The van der Waals surface area contributed by atoms with Crippen molar-refractivity contribution in [3.63, 3.8) is 0 Å². The lowest BCUT2D eigenvalue weighted by atomic mass is 10.3. The molecule has 1 aliphatic rings. The number of halogens is 1. The molecule has 1 aromatic carbocycles. The van der Waals surface area contributed by atoms with E-state index in [4.69, 9.17) is 5.73 Å². The Morgan fingerprint density at radius 3 is 2.73 bits per heavy atom. The predicted molar refractivity (Wildman–Crippen MR) is 69.8 cm³/mol. The number of amidine groups is 1. The van der Waals surface area contributed by atoms with Crippen LogP contribution in [-0.4, -0.2) is 10.2 Å². The Labute approximate surface area is 100 Å². The van der Waals surface area contributed by atoms with Crippen LogP contribution in [0.5, 0.6) is 0 Å². The molecule has 0 amide bonds. The Morgan fingerprint density at radius 1 is 1.33 bits per heavy atom. The highest BCUT2D eigenvalue weighted by atomic mass is 79.9. The van der Waals surface area contributed by atoms with Crippen LogP contribution in [0.4, 0.5) is 5.69 Å². The lowest BCUT2D eigenvalue weighted by Crippen LogP contribution is -2.02. The van der Waals surface area contributed by atoms with Crippen LogP contribution < -0.4 is 5.73 Å². The van der Waals surface area contributed by atoms with Crippen molar-refractivity contribution in [1.82, 2.24) is 0 Å². The van der Waals surface area contributed by atoms with E-state index >= 15 is 0 Å². The van der Waals surface area contributed by atoms with Crippen molar-refractivity contribution < 1.29 is 0 Å². The first kappa shape index (κ1) is 10.4. The van der Waals surface area contributed by atoms with Crippen LogP contribution >= 0.6 is 27.7 Å². The fourth-order valence-electron chi connectivity index (χ4n) is 1.11. The topological polar surface area (TPSA) is 50.7 Å². The van der Waals surface area contributed by atoms with Crippen molar-refractivity contribution in [1.29, 1.82) is 0 Å². The second-order valence-corrected chi connectivity index (χ2v) is 4.27. The number of aliphatic imine (C=N–C) groups is 2. The zero-order chi connectivity index (χ0) is 10.7. The Morgan fingerprint density at radius 2 is 2.07 bits per heavy atom. The minimum atomic E-state index is 0.524. The first-order valence-electron chi connectivity index (χ1n) is 4.26. The summed E-state index contributed by atoms with van der Waals surface area (Å²) in [4.78, 5) is 10.3. The summed E-state index contributed by atoms with van der Waals surface area (Å²) >= 11 is 4.61. The third kappa shape index (κ3) is 2.49. The van der Waals surface area contributed by atoms with Gasteiger partial charge in [0.1, 0.15) is 10.7 Å². The zero-order valence-corrected chi connectivity index (χ0v) is 10.1. The number of hydrogen-bond acceptors (Lipinski definition) is 4. The number of nitrogens with two attached hydrogens (primary N) is 1. The van der Waals surface area contributed by atoms with Gasteiger partial charge in [-0.3, -0.25) is 0 Å². The van der Waals surface area contributed by atoms with E-state index in [1.165, 1.54) is 11.8 Å². The van der Waals surface area contributed by atoms with Crippen molar-refractivity contribution in [2.45, 2.75) is 0 Å². The normalized spacial score (nSPS) is 21.0. The molecule has 0 aromatic heterocycles. The van der Waals surface area contributed by atoms with E-state index in [9.17, 15) is 0 Å². The molecule has 0 aliphatic carbocycles. The van der Waals surface area contributed by atoms with Gasteiger partial charge >= 0.3 is 0 Å². The molecule has 2 N–H and O–H groups in total. The average molecular weight is 282 g/mol. The van der Waals surface area contributed by atoms with Gasteiger partial charge in [-0.2, -0.15) is 0 Å². The first-order valence-corrected chi connectivity index (χ1v) is 5.99. The van der Waals surface area contributed by atoms with Crippen molar-refractivity contribution in [2.75, 3.05) is 0 Å². The van der Waals surface area contributed by atoms with Crippen LogP contribution in [0.25, 0.3) is 0 Å². The molecule has 15 heavy (non-hydrogen) atoms. The summed E-state index contributed by atoms with van der Waals surface area (Å²) in [5.41, 5.74) is 7.28. The largest absolute Gasteiger partial charge is 0.378 e. The Kier molecular flexibility index (Phi) is 3.23. The van der Waals surface area contributed by atoms with Crippen LogP contribution in [0.1, 0.15) is 0 Å². The first-order chi connectivity index (χ1) is 7.29. The van der Waals surface area contributed by atoms with Gasteiger partial charge in [-0.15, -0.1) is 0 Å². The standard InChI is InChI=1S/C10H8BrN3S/c11-6-8-9(15-10(12)14-8)13-7-4-2-1-3-5-7/h1-6H,(H2,12,14). The van der Waals surface area contributed by atoms with Gasteiger partial charge in [0.25, 0.3) is 0 Å². The van der Waals surface area contributed by atoms with Crippen molar-refractivity contribution >= 4 is 43.6 Å². The molecule has 0 radical (unpaired) electrons. The summed E-state index contributed by atoms with van der Waals surface area (Å²) < 4.78 is 0. The molecule has 0 saturated heterocycles. The van der Waals surface area contributed by atoms with Gasteiger partial charge in [-0.05, 0) is 23.9 Å². The molecule has 1 heterocycles. The van der Waals surface area contributed by atoms with Crippen LogP contribution in [0.2, 0.25) is 0 Å². The van der Waals surface area contributed by atoms with Gasteiger partial charge in [0.05, 0.1) is 5.69 Å². The third-order valence-electron chi connectivity index (χ3n) is 1.74. The maximum absolute atomic E-state index is 5.62. The number of hydrogen-bond donors (Lipinski definition) is 1. The van der Waals surface area contributed by atoms with Gasteiger partial charge < -0.3 is 5.73 Å². The predicted octanol–water partition coefficient (Wildman–Crippen LogP) is 3.01. The number of rotatable bonds is 1. The van der Waals surface area contributed by atoms with Crippen molar-refractivity contribution in [3.8, 4) is 0 Å². The summed E-state index contributed by atoms with van der Waals surface area (Å²) in [5, 5.41) is 1.34. The fraction of sp³-hybridized carbons (Fsp3) is 0. The monoisotopic (exact) mass is 281 g/mol. The van der Waals surface area contributed by atoms with E-state index in [0.29, 0.717) is 5.17 Å². The van der Waals surface area contributed by atoms with Crippen LogP contribution in [-0.2, 0) is 0 Å². The SMILES string of the molecule is NC1=NC(=CBr)C(=Nc2ccccc2)S1. The molecule has 0 unspecified atom stereocenters. The smallest absolute Gasteiger partial charge is 0.165 e. The molecule has 0 atom stereocenters. The third-order valence-corrected chi connectivity index (χ3v) is 2.97. The molecule has 1 aromatic rings. The van der Waals surface area contributed by atoms with Crippen molar-refractivity contribution in [2.24, 2.45) is 15.7 Å². The van der Waals surface area contributed by atoms with E-state index in [1.54, 1.807) is 4.99 Å². The Bertz CT molecular complexity index is 451. The Hall–Kier alpha value is -1.07. The molecule has 2 rings (SSSR count). The molecule has 76 valence electrons. The van der Waals surface area contributed by atoms with E-state index in [0.717, 1.165) is 16.4 Å². The maximum atomic E-state index is 5.62. The zero-order valence-electron chi connectivity index (χ0n) is 7.72. The van der Waals surface area contributed by atoms with Crippen LogP contribution in [0, 0.1) is 0 Å². The highest BCUT2D eigenvalue weighted by Gasteiger charge is 2.17. The molecule has 1 aliphatic heterocycles. The lowest BCUT2D eigenvalue weighted by molar-refractivity contribution is 1.46.